The highest BCUT2D eigenvalue weighted by Crippen LogP contribution is 2.36. The molecule has 4 aromatic rings. The molecule has 6 nitrogen and oxygen atoms in total. The fraction of sp³-hybridized carbons (Fsp3) is 0.387. The maximum absolute atomic E-state index is 13.4. The molecule has 1 unspecified atom stereocenters. The van der Waals surface area contributed by atoms with E-state index < -0.39 is 5.60 Å². The summed E-state index contributed by atoms with van der Waals surface area (Å²) in [6, 6.07) is 20.3. The minimum atomic E-state index is -0.875. The summed E-state index contributed by atoms with van der Waals surface area (Å²) < 4.78 is 11.2. The largest absolute Gasteiger partial charge is 0.472 e. The average Bonchev–Trinajstić information content (AvgIpc) is 3.53. The maximum Gasteiger partial charge on any atom is 0.289 e. The molecule has 6 rings (SSSR count). The molecule has 1 N–H and O–H groups in total. The molecule has 0 radical (unpaired) electrons. The Kier molecular flexibility index (Phi) is 6.61. The van der Waals surface area contributed by atoms with Crippen LogP contribution in [0.3, 0.4) is 0 Å². The van der Waals surface area contributed by atoms with Crippen LogP contribution in [0.2, 0.25) is 0 Å². The van der Waals surface area contributed by atoms with E-state index in [0.29, 0.717) is 30.1 Å². The third-order valence-electron chi connectivity index (χ3n) is 8.22. The van der Waals surface area contributed by atoms with Gasteiger partial charge >= 0.3 is 0 Å². The van der Waals surface area contributed by atoms with Crippen molar-refractivity contribution >= 4 is 16.9 Å². The van der Waals surface area contributed by atoms with Crippen LogP contribution in [0, 0.1) is 0 Å². The fourth-order valence-electron chi connectivity index (χ4n) is 5.96. The predicted molar refractivity (Wildman–Crippen MR) is 142 cm³/mol. The number of amides is 1. The lowest BCUT2D eigenvalue weighted by Gasteiger charge is -2.38. The first kappa shape index (κ1) is 24.0. The summed E-state index contributed by atoms with van der Waals surface area (Å²) in [4.78, 5) is 17.6. The molecule has 192 valence electrons. The molecule has 2 aromatic heterocycles. The van der Waals surface area contributed by atoms with Gasteiger partial charge in [0.05, 0.1) is 18.1 Å². The summed E-state index contributed by atoms with van der Waals surface area (Å²) in [6.45, 7) is 3.94. The molecule has 2 fully saturated rings. The summed E-state index contributed by atoms with van der Waals surface area (Å²) in [5.41, 5.74) is 3.22. The van der Waals surface area contributed by atoms with E-state index >= 15 is 0 Å². The number of piperidine rings is 1. The van der Waals surface area contributed by atoms with Crippen molar-refractivity contribution in [3.05, 3.63) is 95.6 Å². The number of likely N-dealkylation sites (tertiary alicyclic amines) is 2. The highest BCUT2D eigenvalue weighted by Gasteiger charge is 2.34. The Hall–Kier alpha value is -3.35. The van der Waals surface area contributed by atoms with Crippen LogP contribution in [-0.4, -0.2) is 47.0 Å². The average molecular weight is 499 g/mol. The molecular weight excluding hydrogens is 464 g/mol. The predicted octanol–water partition coefficient (Wildman–Crippen LogP) is 5.92. The van der Waals surface area contributed by atoms with Gasteiger partial charge in [0.1, 0.15) is 5.58 Å². The second kappa shape index (κ2) is 10.2. The van der Waals surface area contributed by atoms with Gasteiger partial charge in [-0.3, -0.25) is 9.69 Å². The van der Waals surface area contributed by atoms with Gasteiger partial charge in [0, 0.05) is 43.7 Å². The van der Waals surface area contributed by atoms with Gasteiger partial charge in [-0.25, -0.2) is 0 Å². The first-order chi connectivity index (χ1) is 18.1. The minimum Gasteiger partial charge on any atom is -0.472 e. The van der Waals surface area contributed by atoms with E-state index in [4.69, 9.17) is 8.83 Å². The van der Waals surface area contributed by atoms with Gasteiger partial charge in [-0.05, 0) is 73.4 Å². The van der Waals surface area contributed by atoms with Crippen molar-refractivity contribution in [2.24, 2.45) is 0 Å². The molecule has 0 aliphatic carbocycles. The molecule has 37 heavy (non-hydrogen) atoms. The topological polar surface area (TPSA) is 70.1 Å². The Morgan fingerprint density at radius 3 is 2.59 bits per heavy atom. The zero-order valence-electron chi connectivity index (χ0n) is 21.1. The van der Waals surface area contributed by atoms with Gasteiger partial charge in [0.15, 0.2) is 5.76 Å². The number of carbonyl (C=O) groups excluding carboxylic acids is 1. The summed E-state index contributed by atoms with van der Waals surface area (Å²) in [5.74, 6) is 0.828. The van der Waals surface area contributed by atoms with Gasteiger partial charge < -0.3 is 18.8 Å². The first-order valence-electron chi connectivity index (χ1n) is 13.4. The van der Waals surface area contributed by atoms with Gasteiger partial charge in [-0.2, -0.15) is 0 Å². The van der Waals surface area contributed by atoms with Crippen LogP contribution in [0.25, 0.3) is 11.0 Å². The molecule has 2 aliphatic rings. The highest BCUT2D eigenvalue weighted by molar-refractivity contribution is 5.96. The molecule has 0 spiro atoms. The van der Waals surface area contributed by atoms with Crippen LogP contribution in [0.5, 0.6) is 0 Å². The zero-order valence-corrected chi connectivity index (χ0v) is 21.1. The zero-order chi connectivity index (χ0) is 25.2. The van der Waals surface area contributed by atoms with Crippen molar-refractivity contribution in [3.8, 4) is 0 Å². The van der Waals surface area contributed by atoms with Crippen LogP contribution in [0.15, 0.2) is 82.0 Å². The Labute approximate surface area is 217 Å². The third kappa shape index (κ3) is 5.09. The van der Waals surface area contributed by atoms with Gasteiger partial charge in [0.25, 0.3) is 5.91 Å². The fourth-order valence-corrected chi connectivity index (χ4v) is 5.96. The van der Waals surface area contributed by atoms with E-state index in [-0.39, 0.29) is 5.91 Å². The number of carbonyl (C=O) groups is 1. The molecule has 1 amide bonds. The number of hydrogen-bond acceptors (Lipinski definition) is 5. The number of benzene rings is 2. The van der Waals surface area contributed by atoms with Gasteiger partial charge in [-0.1, -0.05) is 36.4 Å². The SMILES string of the molecule is O=C(c1cc2cc(C3(O)CCN(Cc4ccoc4)CC3)ccc2o1)N1CCCC(c2ccccc2)CC1. The highest BCUT2D eigenvalue weighted by atomic mass is 16.3. The minimum absolute atomic E-state index is 0.0438. The van der Waals surface area contributed by atoms with Crippen molar-refractivity contribution in [2.75, 3.05) is 26.2 Å². The smallest absolute Gasteiger partial charge is 0.289 e. The van der Waals surface area contributed by atoms with Crippen molar-refractivity contribution in [2.45, 2.75) is 50.2 Å². The lowest BCUT2D eigenvalue weighted by molar-refractivity contribution is -0.0276. The number of fused-ring (bicyclic) bond motifs is 1. The summed E-state index contributed by atoms with van der Waals surface area (Å²) in [5, 5.41) is 12.3. The van der Waals surface area contributed by atoms with Crippen molar-refractivity contribution in [1.82, 2.24) is 9.80 Å². The lowest BCUT2D eigenvalue weighted by atomic mass is 9.84. The normalized spacial score (nSPS) is 20.7. The second-order valence-electron chi connectivity index (χ2n) is 10.6. The van der Waals surface area contributed by atoms with Crippen molar-refractivity contribution in [3.63, 3.8) is 0 Å². The van der Waals surface area contributed by atoms with E-state index in [2.05, 4.69) is 29.2 Å². The molecule has 2 saturated heterocycles. The molecule has 2 aromatic carbocycles. The first-order valence-corrected chi connectivity index (χ1v) is 13.4. The molecule has 1 atom stereocenters. The summed E-state index contributed by atoms with van der Waals surface area (Å²) in [6.07, 6.45) is 7.84. The number of nitrogens with zero attached hydrogens (tertiary/aromatic N) is 2. The van der Waals surface area contributed by atoms with E-state index in [1.165, 1.54) is 5.56 Å². The standard InChI is InChI=1S/C31H34N2O4/c34-30(33-14-4-7-25(10-15-33)24-5-2-1-3-6-24)29-20-26-19-27(8-9-28(26)37-29)31(35)12-16-32(17-13-31)21-23-11-18-36-22-23/h1-3,5-6,8-9,11,18-20,22,25,35H,4,7,10,12-17,21H2. The number of rotatable bonds is 5. The van der Waals surface area contributed by atoms with Crippen LogP contribution in [-0.2, 0) is 12.1 Å². The molecule has 0 saturated carbocycles. The van der Waals surface area contributed by atoms with E-state index in [9.17, 15) is 9.90 Å². The van der Waals surface area contributed by atoms with Crippen molar-refractivity contribution in [1.29, 1.82) is 0 Å². The summed E-state index contributed by atoms with van der Waals surface area (Å²) >= 11 is 0. The molecule has 0 bridgehead atoms. The van der Waals surface area contributed by atoms with Gasteiger partial charge in [-0.15, -0.1) is 0 Å². The quantitative estimate of drug-likeness (QED) is 0.370. The third-order valence-corrected chi connectivity index (χ3v) is 8.22. The number of furan rings is 2. The number of hydrogen-bond donors (Lipinski definition) is 1. The van der Waals surface area contributed by atoms with Crippen LogP contribution in [0.4, 0.5) is 0 Å². The van der Waals surface area contributed by atoms with E-state index in [1.807, 2.05) is 41.3 Å². The van der Waals surface area contributed by atoms with Crippen LogP contribution < -0.4 is 0 Å². The second-order valence-corrected chi connectivity index (χ2v) is 10.6. The van der Waals surface area contributed by atoms with E-state index in [0.717, 1.165) is 68.5 Å². The van der Waals surface area contributed by atoms with Crippen molar-refractivity contribution < 1.29 is 18.7 Å². The summed E-state index contributed by atoms with van der Waals surface area (Å²) in [7, 11) is 0. The Balaban J connectivity index is 1.12. The Morgan fingerprint density at radius 2 is 1.81 bits per heavy atom. The monoisotopic (exact) mass is 498 g/mol. The maximum atomic E-state index is 13.4. The Bertz CT molecular complexity index is 1340. The lowest BCUT2D eigenvalue weighted by Crippen LogP contribution is -2.42. The van der Waals surface area contributed by atoms with Gasteiger partial charge in [0.2, 0.25) is 0 Å². The number of aliphatic hydroxyl groups is 1. The molecular formula is C31H34N2O4. The van der Waals surface area contributed by atoms with Crippen LogP contribution >= 0.6 is 0 Å². The Morgan fingerprint density at radius 1 is 0.973 bits per heavy atom. The van der Waals surface area contributed by atoms with E-state index in [1.54, 1.807) is 12.5 Å². The molecule has 6 heteroatoms. The molecule has 2 aliphatic heterocycles. The molecule has 4 heterocycles. The van der Waals surface area contributed by atoms with Crippen LogP contribution in [0.1, 0.15) is 65.3 Å².